The molecule has 0 fully saturated rings. The molecule has 0 radical (unpaired) electrons. The summed E-state index contributed by atoms with van der Waals surface area (Å²) >= 11 is 0.787. The second-order valence-electron chi connectivity index (χ2n) is 23.2. The number of ketones is 3. The minimum Gasteiger partial charge on any atom is -0.744 e. The second kappa shape index (κ2) is 36.6. The number of anilines is 6. The molecule has 0 saturated heterocycles. The molecule has 42 heteroatoms. The van der Waals surface area contributed by atoms with E-state index in [9.17, 15) is 91.2 Å². The predicted octanol–water partition coefficient (Wildman–Crippen LogP) is -3.67. The van der Waals surface area contributed by atoms with Crippen molar-refractivity contribution < 1.29 is 257 Å². The summed E-state index contributed by atoms with van der Waals surface area (Å²) in [7, 11) is -15.0. The summed E-state index contributed by atoms with van der Waals surface area (Å²) in [5, 5.41) is 37.9. The summed E-state index contributed by atoms with van der Waals surface area (Å²) < 4.78 is 151. The predicted molar refractivity (Wildman–Crippen MR) is 383 cm³/mol. The fourth-order valence-corrected chi connectivity index (χ4v) is 16.0. The molecule has 12 aromatic rings. The standard InChI is InChI=1S/3C23H16N2O8S2.2K.2H3N.2Na/c1-25-18-9-8-17(24-16-7-6-12(34(28,29)30)10-19(16)35(31,32)33)22-21(18)15(11-20(25)26)13-4-2-3-5-14(13)23(22)27;2*1-25-18-9-8-17(24-16-7-6-12(35(29,30)31)10-19(16)34-33-32-28)22-21(18)15(11-20(25)26)13-4-2-3-5-14(13)23(22)27;;;;;;/h2-11,24H,1H3,(H,28,29,30)(H,31,32,33);2*2-11,24,28H,1H3,(H,29,30,31);;;2*1H3;;/q;;;2*+1;;;2*+1/p-4. The fraction of sp³-hybridized carbons (Fsp3) is 0.0435. The molecule has 9 aromatic carbocycles. The van der Waals surface area contributed by atoms with Gasteiger partial charge in [-0.1, -0.05) is 72.8 Å². The number of aromatic nitrogens is 3. The fourth-order valence-electron chi connectivity index (χ4n) is 12.6. The van der Waals surface area contributed by atoms with Crippen molar-refractivity contribution in [3.05, 3.63) is 246 Å². The summed E-state index contributed by atoms with van der Waals surface area (Å²) in [5.41, 5.74) is 7.37. The van der Waals surface area contributed by atoms with Crippen molar-refractivity contribution in [3.63, 3.8) is 0 Å². The zero-order chi connectivity index (χ0) is 75.1. The number of benzene rings is 9. The van der Waals surface area contributed by atoms with Crippen molar-refractivity contribution in [2.45, 2.75) is 29.4 Å². The van der Waals surface area contributed by atoms with Gasteiger partial charge in [-0.15, -0.1) is 0 Å². The molecule has 0 saturated carbocycles. The zero-order valence-corrected chi connectivity index (χ0v) is 74.6. The van der Waals surface area contributed by atoms with E-state index in [4.69, 9.17) is 0 Å². The summed E-state index contributed by atoms with van der Waals surface area (Å²) in [6, 6.07) is 43.8. The summed E-state index contributed by atoms with van der Waals surface area (Å²) in [5.74, 6) is -0.941. The Morgan fingerprint density at radius 2 is 0.595 bits per heavy atom. The number of rotatable bonds is 16. The van der Waals surface area contributed by atoms with E-state index in [2.05, 4.69) is 34.7 Å². The third-order valence-corrected chi connectivity index (χ3v) is 22.1. The second-order valence-corrected chi connectivity index (χ2v) is 30.2. The summed E-state index contributed by atoms with van der Waals surface area (Å²) in [4.78, 5) is 75.7. The van der Waals surface area contributed by atoms with Crippen LogP contribution in [0.5, 0.6) is 0 Å². The largest absolute Gasteiger partial charge is 1.00 e. The van der Waals surface area contributed by atoms with E-state index in [0.29, 0.717) is 135 Å². The molecule has 0 spiro atoms. The smallest absolute Gasteiger partial charge is 0.744 e. The minimum absolute atomic E-state index is 0. The van der Waals surface area contributed by atoms with Crippen LogP contribution in [0.25, 0.3) is 66.1 Å². The van der Waals surface area contributed by atoms with Gasteiger partial charge >= 0.3 is 162 Å². The molecule has 3 aromatic heterocycles. The number of nitrogens with zero attached hydrogens (tertiary/aromatic N) is 3. The van der Waals surface area contributed by atoms with E-state index in [1.54, 1.807) is 124 Å². The third kappa shape index (κ3) is 18.1. The van der Waals surface area contributed by atoms with Gasteiger partial charge in [0.2, 0.25) is 0 Å². The van der Waals surface area contributed by atoms with Crippen molar-refractivity contribution >= 4 is 149 Å². The first-order valence-electron chi connectivity index (χ1n) is 30.0. The Balaban J connectivity index is 0.000000225. The maximum atomic E-state index is 13.6. The normalized spacial score (nSPS) is 12.1. The van der Waals surface area contributed by atoms with E-state index >= 15 is 0 Å². The van der Waals surface area contributed by atoms with E-state index in [-0.39, 0.29) is 241 Å². The van der Waals surface area contributed by atoms with Crippen LogP contribution in [0, 0.1) is 0 Å². The van der Waals surface area contributed by atoms with Gasteiger partial charge in [0, 0.05) is 72.2 Å². The Labute approximate surface area is 767 Å². The van der Waals surface area contributed by atoms with Crippen LogP contribution in [-0.2, 0) is 80.4 Å². The number of aryl methyl sites for hydroxylation is 3. The first-order chi connectivity index (χ1) is 49.8. The minimum atomic E-state index is -5.21. The number of pyridine rings is 3. The van der Waals surface area contributed by atoms with E-state index in [1.165, 1.54) is 50.1 Å². The monoisotopic (exact) mass is 1690 g/mol. The molecule has 0 bridgehead atoms. The van der Waals surface area contributed by atoms with Crippen molar-refractivity contribution in [3.8, 4) is 33.4 Å². The Bertz CT molecular complexity index is 6290. The van der Waals surface area contributed by atoms with Gasteiger partial charge in [-0.2, -0.15) is 8.67 Å². The van der Waals surface area contributed by atoms with Crippen molar-refractivity contribution in [1.29, 1.82) is 0 Å². The molecular weight excluding hydrogens is 1640 g/mol. The molecule has 550 valence electrons. The number of quaternary nitrogens is 2. The molecule has 0 unspecified atom stereocenters. The van der Waals surface area contributed by atoms with Gasteiger partial charge in [0.25, 0.3) is 16.7 Å². The Hall–Kier alpha value is -5.69. The molecule has 3 aliphatic rings. The van der Waals surface area contributed by atoms with Crippen molar-refractivity contribution in [2.24, 2.45) is 21.1 Å². The van der Waals surface area contributed by atoms with E-state index < -0.39 is 65.8 Å². The van der Waals surface area contributed by atoms with Gasteiger partial charge in [-0.05, 0) is 124 Å². The number of nitrogens with one attached hydrogen (secondary N) is 3. The van der Waals surface area contributed by atoms with Crippen LogP contribution in [0.2, 0.25) is 0 Å². The molecule has 11 N–H and O–H groups in total. The molecule has 32 nitrogen and oxygen atoms in total. The molecule has 111 heavy (non-hydrogen) atoms. The van der Waals surface area contributed by atoms with Gasteiger partial charge in [0.15, 0.2) is 17.3 Å². The van der Waals surface area contributed by atoms with Crippen molar-refractivity contribution in [2.75, 3.05) is 16.0 Å². The number of fused-ring (bicyclic) bond motifs is 6. The first kappa shape index (κ1) is 92.5. The zero-order valence-electron chi connectivity index (χ0n) is 59.4. The van der Waals surface area contributed by atoms with Crippen LogP contribution in [0.1, 0.15) is 47.8 Å². The summed E-state index contributed by atoms with van der Waals surface area (Å²) in [6.45, 7) is 0. The first-order valence-corrected chi connectivity index (χ1v) is 37.2. The Morgan fingerprint density at radius 3 is 0.874 bits per heavy atom. The van der Waals surface area contributed by atoms with Crippen LogP contribution in [0.15, 0.2) is 226 Å². The number of hydrogen-bond acceptors (Lipinski definition) is 29. The summed E-state index contributed by atoms with van der Waals surface area (Å²) in [6.07, 6.45) is 0. The SMILES string of the molecule is Cn1c(=O)cc2c3c(c(Nc4ccc(S(=O)(=O)[O-])cc4S(=O)(=O)[O-])ccc31)C(=O)c1ccccc1-2.Cn1c(=O)cc2c3c(c(Nc4ccc(S(=O)(=O)[O-])cc4SOO[O-])ccc31)C(=O)c1ccccc1-2.Cn1c(=O)cc2c3c(c(Nc4ccc(S(=O)(=O)[O-])cc4SOO[O-])ccc31)C(=O)c1ccccc1-2.[K+].[K+].[NH4+].[NH4+].[Na+].[Na+]. The molecule has 0 aliphatic heterocycles. The Kier molecular flexibility index (Phi) is 30.5. The van der Waals surface area contributed by atoms with Crippen LogP contribution >= 0.6 is 24.1 Å². The average molecular weight is 1690 g/mol. The molecular formula is C69H50K2N8Na2O24S6. The van der Waals surface area contributed by atoms with E-state index in [1.807, 2.05) is 0 Å². The molecule has 3 heterocycles. The molecule has 3 aliphatic carbocycles. The van der Waals surface area contributed by atoms with Crippen LogP contribution in [0.3, 0.4) is 0 Å². The molecule has 0 atom stereocenters. The van der Waals surface area contributed by atoms with Crippen molar-refractivity contribution in [1.82, 2.24) is 26.0 Å². The van der Waals surface area contributed by atoms with Gasteiger partial charge in [-0.3, -0.25) is 38.8 Å². The van der Waals surface area contributed by atoms with Gasteiger partial charge in [0.05, 0.1) is 121 Å². The number of carbonyl (C=O) groups is 3. The van der Waals surface area contributed by atoms with Gasteiger partial charge in [-0.25, -0.2) is 33.7 Å². The van der Waals surface area contributed by atoms with Gasteiger partial charge < -0.3 is 70.7 Å². The third-order valence-electron chi connectivity index (χ3n) is 17.4. The van der Waals surface area contributed by atoms with Crippen LogP contribution < -0.4 is 217 Å². The molecule has 0 amide bonds. The quantitative estimate of drug-likeness (QED) is 0.0205. The topological polar surface area (TPSA) is 538 Å². The van der Waals surface area contributed by atoms with Crippen LogP contribution in [0.4, 0.5) is 34.1 Å². The Morgan fingerprint density at radius 1 is 0.333 bits per heavy atom. The average Bonchev–Trinajstić information content (AvgIpc) is 0.731. The maximum absolute atomic E-state index is 13.6. The van der Waals surface area contributed by atoms with E-state index in [0.717, 1.165) is 36.4 Å². The maximum Gasteiger partial charge on any atom is 1.00 e. The number of hydrogen-bond donors (Lipinski definition) is 5. The van der Waals surface area contributed by atoms with Crippen LogP contribution in [-0.4, -0.2) is 82.9 Å². The van der Waals surface area contributed by atoms with Gasteiger partial charge in [0.1, 0.15) is 40.5 Å². The number of carbonyl (C=O) groups excluding carboxylic acids is 3. The molecule has 15 rings (SSSR count).